The monoisotopic (exact) mass is 225 g/mol. The molecule has 0 atom stereocenters. The highest BCUT2D eigenvalue weighted by Gasteiger charge is 2.05. The molecule has 0 radical (unpaired) electrons. The predicted octanol–water partition coefficient (Wildman–Crippen LogP) is 0.663. The molecule has 0 unspecified atom stereocenters. The molecule has 0 rings (SSSR count). The van der Waals surface area contributed by atoms with E-state index in [2.05, 4.69) is 41.0 Å². The van der Waals surface area contributed by atoms with Gasteiger partial charge in [-0.1, -0.05) is 6.08 Å². The van der Waals surface area contributed by atoms with E-state index in [1.807, 2.05) is 19.0 Å². The fourth-order valence-corrected chi connectivity index (χ4v) is 1.02. The fourth-order valence-electron chi connectivity index (χ4n) is 1.02. The summed E-state index contributed by atoms with van der Waals surface area (Å²) < 4.78 is 0. The molecule has 0 aliphatic carbocycles. The highest BCUT2D eigenvalue weighted by molar-refractivity contribution is 5.98. The third-order valence-corrected chi connectivity index (χ3v) is 1.67. The zero-order valence-electron chi connectivity index (χ0n) is 10.9. The first-order valence-electron chi connectivity index (χ1n) is 5.34. The molecule has 0 amide bonds. The van der Waals surface area contributed by atoms with Crippen molar-refractivity contribution in [2.24, 2.45) is 9.98 Å². The van der Waals surface area contributed by atoms with Crippen molar-refractivity contribution in [1.29, 1.82) is 0 Å². The second kappa shape index (κ2) is 7.73. The number of hydrogen-bond acceptors (Lipinski definition) is 2. The number of nitrogens with one attached hydrogen (secondary N) is 2. The first kappa shape index (κ1) is 14.5. The van der Waals surface area contributed by atoms with E-state index < -0.39 is 0 Å². The van der Waals surface area contributed by atoms with Gasteiger partial charge in [-0.2, -0.15) is 0 Å². The number of guanidine groups is 2. The number of rotatable bonds is 3. The van der Waals surface area contributed by atoms with Gasteiger partial charge >= 0.3 is 0 Å². The number of nitrogens with zero attached hydrogens (tertiary/aromatic N) is 3. The molecular weight excluding hydrogens is 202 g/mol. The lowest BCUT2D eigenvalue weighted by atomic mass is 10.4. The Balaban J connectivity index is 4.58. The van der Waals surface area contributed by atoms with Crippen molar-refractivity contribution >= 4 is 11.9 Å². The van der Waals surface area contributed by atoms with Gasteiger partial charge in [-0.15, -0.1) is 6.58 Å². The Morgan fingerprint density at radius 2 is 2.06 bits per heavy atom. The van der Waals surface area contributed by atoms with Crippen molar-refractivity contribution in [3.05, 3.63) is 12.7 Å². The maximum Gasteiger partial charge on any atom is 0.199 e. The van der Waals surface area contributed by atoms with Crippen LogP contribution in [0.5, 0.6) is 0 Å². The van der Waals surface area contributed by atoms with Crippen molar-refractivity contribution in [3.8, 4) is 0 Å². The maximum atomic E-state index is 4.32. The van der Waals surface area contributed by atoms with Crippen molar-refractivity contribution in [1.82, 2.24) is 15.5 Å². The Hall–Kier alpha value is -1.52. The summed E-state index contributed by atoms with van der Waals surface area (Å²) in [4.78, 5) is 10.3. The lowest BCUT2D eigenvalue weighted by molar-refractivity contribution is 0.598. The van der Waals surface area contributed by atoms with Crippen molar-refractivity contribution in [3.63, 3.8) is 0 Å². The van der Waals surface area contributed by atoms with Crippen molar-refractivity contribution < 1.29 is 0 Å². The molecule has 0 aliphatic heterocycles. The van der Waals surface area contributed by atoms with Crippen LogP contribution in [0.3, 0.4) is 0 Å². The number of hydrogen-bond donors (Lipinski definition) is 2. The minimum atomic E-state index is 0.316. The maximum absolute atomic E-state index is 4.32. The second-order valence-corrected chi connectivity index (χ2v) is 3.84. The lowest BCUT2D eigenvalue weighted by Gasteiger charge is -2.20. The van der Waals surface area contributed by atoms with Crippen molar-refractivity contribution in [2.75, 3.05) is 27.7 Å². The molecule has 0 saturated carbocycles. The molecule has 0 aliphatic rings. The summed E-state index contributed by atoms with van der Waals surface area (Å²) in [5, 5.41) is 6.35. The Labute approximate surface area is 98.3 Å². The van der Waals surface area contributed by atoms with Gasteiger partial charge in [0.1, 0.15) is 0 Å². The van der Waals surface area contributed by atoms with Crippen LogP contribution in [0.2, 0.25) is 0 Å². The van der Waals surface area contributed by atoms with Crippen LogP contribution >= 0.6 is 0 Å². The first-order valence-corrected chi connectivity index (χ1v) is 5.34. The zero-order valence-corrected chi connectivity index (χ0v) is 10.9. The van der Waals surface area contributed by atoms with E-state index in [0.29, 0.717) is 18.5 Å². The van der Waals surface area contributed by atoms with Crippen LogP contribution in [0.4, 0.5) is 0 Å². The van der Waals surface area contributed by atoms with E-state index in [1.165, 1.54) is 0 Å². The highest BCUT2D eigenvalue weighted by Crippen LogP contribution is 1.83. The first-order chi connectivity index (χ1) is 7.51. The molecule has 0 aromatic heterocycles. The molecular formula is C11H23N5. The third kappa shape index (κ3) is 6.06. The second-order valence-electron chi connectivity index (χ2n) is 3.84. The topological polar surface area (TPSA) is 52.0 Å². The van der Waals surface area contributed by atoms with Crippen LogP contribution in [0, 0.1) is 0 Å². The van der Waals surface area contributed by atoms with E-state index >= 15 is 0 Å². The predicted molar refractivity (Wildman–Crippen MR) is 71.0 cm³/mol. The van der Waals surface area contributed by atoms with Gasteiger partial charge in [0.05, 0.1) is 6.54 Å². The van der Waals surface area contributed by atoms with Gasteiger partial charge in [-0.25, -0.2) is 4.99 Å². The van der Waals surface area contributed by atoms with Gasteiger partial charge < -0.3 is 10.2 Å². The molecule has 0 aromatic carbocycles. The van der Waals surface area contributed by atoms with Crippen LogP contribution in [0.25, 0.3) is 0 Å². The summed E-state index contributed by atoms with van der Waals surface area (Å²) in [5.41, 5.74) is 0. The molecule has 92 valence electrons. The number of aliphatic imine (C=N–C) groups is 2. The summed E-state index contributed by atoms with van der Waals surface area (Å²) in [6.07, 6.45) is 1.75. The standard InChI is InChI=1S/C11H23N5/c1-7-8-13-10(14-9(2)3)15-11(12-4)16(5)6/h7,9H,1,8H2,2-6H3,(H2,12,13,14,15). The van der Waals surface area contributed by atoms with Crippen LogP contribution in [-0.2, 0) is 0 Å². The van der Waals surface area contributed by atoms with Gasteiger partial charge in [0.25, 0.3) is 0 Å². The van der Waals surface area contributed by atoms with E-state index in [4.69, 9.17) is 0 Å². The van der Waals surface area contributed by atoms with Crippen molar-refractivity contribution in [2.45, 2.75) is 19.9 Å². The van der Waals surface area contributed by atoms with E-state index in [0.717, 1.165) is 5.96 Å². The Bertz CT molecular complexity index is 266. The molecule has 5 nitrogen and oxygen atoms in total. The van der Waals surface area contributed by atoms with Gasteiger partial charge in [0.15, 0.2) is 11.9 Å². The van der Waals surface area contributed by atoms with Gasteiger partial charge in [0.2, 0.25) is 0 Å². The summed E-state index contributed by atoms with van der Waals surface area (Å²) >= 11 is 0. The summed E-state index contributed by atoms with van der Waals surface area (Å²) in [7, 11) is 5.59. The van der Waals surface area contributed by atoms with Gasteiger partial charge in [0, 0.05) is 27.2 Å². The van der Waals surface area contributed by atoms with E-state index in [1.54, 1.807) is 13.1 Å². The quantitative estimate of drug-likeness (QED) is 0.421. The van der Waals surface area contributed by atoms with E-state index in [-0.39, 0.29) is 0 Å². The lowest BCUT2D eigenvalue weighted by Crippen LogP contribution is -2.48. The minimum absolute atomic E-state index is 0.316. The van der Waals surface area contributed by atoms with Crippen LogP contribution in [-0.4, -0.2) is 50.5 Å². The van der Waals surface area contributed by atoms with Crippen LogP contribution < -0.4 is 10.6 Å². The minimum Gasteiger partial charge on any atom is -0.354 e. The summed E-state index contributed by atoms with van der Waals surface area (Å²) in [6.45, 7) is 8.34. The summed E-state index contributed by atoms with van der Waals surface area (Å²) in [6, 6.07) is 0.316. The highest BCUT2D eigenvalue weighted by atomic mass is 15.3. The van der Waals surface area contributed by atoms with Gasteiger partial charge in [-0.3, -0.25) is 10.3 Å². The van der Waals surface area contributed by atoms with Crippen LogP contribution in [0.15, 0.2) is 22.6 Å². The fraction of sp³-hybridized carbons (Fsp3) is 0.636. The SMILES string of the molecule is C=CCN=C(NC(=NC)N(C)C)NC(C)C. The average Bonchev–Trinajstić information content (AvgIpc) is 2.20. The molecule has 2 N–H and O–H groups in total. The summed E-state index contributed by atoms with van der Waals surface area (Å²) in [5.74, 6) is 1.47. The molecule has 0 bridgehead atoms. The zero-order chi connectivity index (χ0) is 12.6. The Morgan fingerprint density at radius 1 is 1.44 bits per heavy atom. The van der Waals surface area contributed by atoms with E-state index in [9.17, 15) is 0 Å². The molecule has 0 aromatic rings. The molecule has 0 spiro atoms. The normalized spacial score (nSPS) is 12.6. The molecule has 0 saturated heterocycles. The average molecular weight is 225 g/mol. The largest absolute Gasteiger partial charge is 0.354 e. The van der Waals surface area contributed by atoms with Crippen LogP contribution in [0.1, 0.15) is 13.8 Å². The smallest absolute Gasteiger partial charge is 0.199 e. The Morgan fingerprint density at radius 3 is 2.44 bits per heavy atom. The third-order valence-electron chi connectivity index (χ3n) is 1.67. The molecule has 0 heterocycles. The molecule has 16 heavy (non-hydrogen) atoms. The molecule has 0 fully saturated rings. The van der Waals surface area contributed by atoms with Gasteiger partial charge in [-0.05, 0) is 13.8 Å². The Kier molecular flexibility index (Phi) is 7.00. The molecule has 5 heteroatoms.